The van der Waals surface area contributed by atoms with Gasteiger partial charge in [-0.05, 0) is 45.3 Å². The highest BCUT2D eigenvalue weighted by Gasteiger charge is 2.23. The SMILES string of the molecule is CN1CCC(CC(N)C(=O)N(C)N)CC1. The Kier molecular flexibility index (Phi) is 4.50. The second-order valence-electron chi connectivity index (χ2n) is 4.54. The summed E-state index contributed by atoms with van der Waals surface area (Å²) in [6, 6.07) is -0.437. The topological polar surface area (TPSA) is 75.6 Å². The van der Waals surface area contributed by atoms with Crippen LogP contribution in [0.4, 0.5) is 0 Å². The number of likely N-dealkylation sites (tertiary alicyclic amines) is 1. The maximum Gasteiger partial charge on any atom is 0.253 e. The number of piperidine rings is 1. The monoisotopic (exact) mass is 214 g/mol. The molecule has 1 heterocycles. The predicted molar refractivity (Wildman–Crippen MR) is 59.8 cm³/mol. The van der Waals surface area contributed by atoms with Crippen molar-refractivity contribution < 1.29 is 4.79 Å². The molecule has 0 bridgehead atoms. The van der Waals surface area contributed by atoms with Gasteiger partial charge in [-0.15, -0.1) is 0 Å². The summed E-state index contributed by atoms with van der Waals surface area (Å²) in [5, 5.41) is 1.08. The Morgan fingerprint density at radius 2 is 2.07 bits per heavy atom. The Hall–Kier alpha value is -0.650. The fraction of sp³-hybridized carbons (Fsp3) is 0.900. The molecule has 1 fully saturated rings. The Morgan fingerprint density at radius 3 is 2.53 bits per heavy atom. The molecule has 0 aliphatic carbocycles. The van der Waals surface area contributed by atoms with Gasteiger partial charge in [-0.2, -0.15) is 0 Å². The maximum absolute atomic E-state index is 11.4. The second-order valence-corrected chi connectivity index (χ2v) is 4.54. The molecule has 1 aliphatic rings. The van der Waals surface area contributed by atoms with Crippen molar-refractivity contribution in [2.75, 3.05) is 27.2 Å². The molecular weight excluding hydrogens is 192 g/mol. The number of hydrogen-bond acceptors (Lipinski definition) is 4. The van der Waals surface area contributed by atoms with Crippen LogP contribution in [0.15, 0.2) is 0 Å². The first-order valence-corrected chi connectivity index (χ1v) is 5.47. The van der Waals surface area contributed by atoms with E-state index in [1.54, 1.807) is 0 Å². The Labute approximate surface area is 91.3 Å². The molecule has 0 aromatic carbocycles. The molecule has 5 nitrogen and oxygen atoms in total. The fourth-order valence-corrected chi connectivity index (χ4v) is 2.02. The van der Waals surface area contributed by atoms with Crippen molar-refractivity contribution in [3.63, 3.8) is 0 Å². The first-order chi connectivity index (χ1) is 7.00. The zero-order valence-corrected chi connectivity index (χ0v) is 9.65. The first-order valence-electron chi connectivity index (χ1n) is 5.47. The van der Waals surface area contributed by atoms with E-state index < -0.39 is 6.04 Å². The van der Waals surface area contributed by atoms with Gasteiger partial charge in [0.1, 0.15) is 0 Å². The van der Waals surface area contributed by atoms with Gasteiger partial charge in [0, 0.05) is 7.05 Å². The molecule has 1 atom stereocenters. The highest BCUT2D eigenvalue weighted by molar-refractivity contribution is 5.80. The van der Waals surface area contributed by atoms with E-state index in [2.05, 4.69) is 11.9 Å². The maximum atomic E-state index is 11.4. The van der Waals surface area contributed by atoms with Crippen LogP contribution >= 0.6 is 0 Å². The number of rotatable bonds is 3. The number of nitrogens with two attached hydrogens (primary N) is 2. The van der Waals surface area contributed by atoms with E-state index in [9.17, 15) is 4.79 Å². The molecule has 0 radical (unpaired) electrons. The van der Waals surface area contributed by atoms with Gasteiger partial charge in [0.15, 0.2) is 0 Å². The van der Waals surface area contributed by atoms with Gasteiger partial charge in [-0.1, -0.05) is 0 Å². The molecule has 1 rings (SSSR count). The van der Waals surface area contributed by atoms with E-state index in [0.717, 1.165) is 37.4 Å². The van der Waals surface area contributed by atoms with Crippen LogP contribution in [0.25, 0.3) is 0 Å². The van der Waals surface area contributed by atoms with Gasteiger partial charge < -0.3 is 10.6 Å². The van der Waals surface area contributed by atoms with Gasteiger partial charge >= 0.3 is 0 Å². The van der Waals surface area contributed by atoms with Crippen molar-refractivity contribution in [1.82, 2.24) is 9.91 Å². The summed E-state index contributed by atoms with van der Waals surface area (Å²) in [5.74, 6) is 5.76. The Morgan fingerprint density at radius 1 is 1.53 bits per heavy atom. The van der Waals surface area contributed by atoms with E-state index in [1.807, 2.05) is 0 Å². The molecule has 1 saturated heterocycles. The van der Waals surface area contributed by atoms with Crippen molar-refractivity contribution >= 4 is 5.91 Å². The van der Waals surface area contributed by atoms with Crippen molar-refractivity contribution in [1.29, 1.82) is 0 Å². The fourth-order valence-electron chi connectivity index (χ4n) is 2.02. The summed E-state index contributed by atoms with van der Waals surface area (Å²) >= 11 is 0. The summed E-state index contributed by atoms with van der Waals surface area (Å²) < 4.78 is 0. The molecule has 0 aromatic rings. The number of hydrazine groups is 1. The number of likely N-dealkylation sites (N-methyl/N-ethyl adjacent to an activating group) is 1. The highest BCUT2D eigenvalue weighted by atomic mass is 16.2. The summed E-state index contributed by atoms with van der Waals surface area (Å²) in [6.45, 7) is 2.20. The normalized spacial score (nSPS) is 21.3. The lowest BCUT2D eigenvalue weighted by Crippen LogP contribution is -2.46. The third kappa shape index (κ3) is 3.77. The number of amides is 1. The van der Waals surface area contributed by atoms with Crippen molar-refractivity contribution in [2.24, 2.45) is 17.5 Å². The third-order valence-corrected chi connectivity index (χ3v) is 3.09. The summed E-state index contributed by atoms with van der Waals surface area (Å²) in [7, 11) is 3.66. The summed E-state index contributed by atoms with van der Waals surface area (Å²) in [6.07, 6.45) is 3.02. The van der Waals surface area contributed by atoms with Crippen molar-refractivity contribution in [2.45, 2.75) is 25.3 Å². The van der Waals surface area contributed by atoms with E-state index in [-0.39, 0.29) is 5.91 Å². The standard InChI is InChI=1S/C10H22N4O/c1-13-5-3-8(4-6-13)7-9(11)10(15)14(2)12/h8-9H,3-7,11-12H2,1-2H3. The van der Waals surface area contributed by atoms with Gasteiger partial charge in [0.2, 0.25) is 0 Å². The average Bonchev–Trinajstić information content (AvgIpc) is 2.20. The second kappa shape index (κ2) is 5.44. The predicted octanol–water partition coefficient (Wildman–Crippen LogP) is -0.622. The van der Waals surface area contributed by atoms with Gasteiger partial charge in [-0.3, -0.25) is 9.80 Å². The smallest absolute Gasteiger partial charge is 0.253 e. The lowest BCUT2D eigenvalue weighted by Gasteiger charge is -2.30. The minimum atomic E-state index is -0.437. The average molecular weight is 214 g/mol. The number of hydrogen-bond donors (Lipinski definition) is 2. The quantitative estimate of drug-likeness (QED) is 0.373. The van der Waals surface area contributed by atoms with Crippen LogP contribution in [0, 0.1) is 5.92 Å². The molecule has 0 spiro atoms. The zero-order chi connectivity index (χ0) is 11.4. The van der Waals surface area contributed by atoms with Gasteiger partial charge in [-0.25, -0.2) is 5.84 Å². The van der Waals surface area contributed by atoms with Crippen molar-refractivity contribution in [3.05, 3.63) is 0 Å². The summed E-state index contributed by atoms with van der Waals surface area (Å²) in [5.41, 5.74) is 5.80. The number of carbonyl (C=O) groups excluding carboxylic acids is 1. The Balaban J connectivity index is 2.32. The van der Waals surface area contributed by atoms with Gasteiger partial charge in [0.25, 0.3) is 5.91 Å². The van der Waals surface area contributed by atoms with E-state index in [0.29, 0.717) is 5.92 Å². The molecule has 88 valence electrons. The Bertz CT molecular complexity index is 211. The lowest BCUT2D eigenvalue weighted by molar-refractivity contribution is -0.132. The van der Waals surface area contributed by atoms with E-state index in [1.165, 1.54) is 7.05 Å². The van der Waals surface area contributed by atoms with E-state index in [4.69, 9.17) is 11.6 Å². The third-order valence-electron chi connectivity index (χ3n) is 3.09. The minimum Gasteiger partial charge on any atom is -0.320 e. The summed E-state index contributed by atoms with van der Waals surface area (Å²) in [4.78, 5) is 13.8. The van der Waals surface area contributed by atoms with Crippen LogP contribution in [0.5, 0.6) is 0 Å². The molecular formula is C10H22N4O. The molecule has 0 saturated carbocycles. The van der Waals surface area contributed by atoms with E-state index >= 15 is 0 Å². The molecule has 4 N–H and O–H groups in total. The molecule has 15 heavy (non-hydrogen) atoms. The highest BCUT2D eigenvalue weighted by Crippen LogP contribution is 2.20. The van der Waals surface area contributed by atoms with Crippen LogP contribution in [0.2, 0.25) is 0 Å². The zero-order valence-electron chi connectivity index (χ0n) is 9.65. The van der Waals surface area contributed by atoms with Crippen LogP contribution in [-0.2, 0) is 4.79 Å². The lowest BCUT2D eigenvalue weighted by atomic mass is 9.90. The van der Waals surface area contributed by atoms with Crippen LogP contribution < -0.4 is 11.6 Å². The first kappa shape index (κ1) is 12.4. The molecule has 1 unspecified atom stereocenters. The van der Waals surface area contributed by atoms with Crippen LogP contribution in [0.3, 0.4) is 0 Å². The van der Waals surface area contributed by atoms with Crippen LogP contribution in [0.1, 0.15) is 19.3 Å². The molecule has 1 amide bonds. The number of nitrogens with zero attached hydrogens (tertiary/aromatic N) is 2. The largest absolute Gasteiger partial charge is 0.320 e. The number of carbonyl (C=O) groups is 1. The van der Waals surface area contributed by atoms with Crippen molar-refractivity contribution in [3.8, 4) is 0 Å². The minimum absolute atomic E-state index is 0.172. The van der Waals surface area contributed by atoms with Crippen LogP contribution in [-0.4, -0.2) is 49.0 Å². The molecule has 1 aliphatic heterocycles. The molecule has 5 heteroatoms. The van der Waals surface area contributed by atoms with Gasteiger partial charge in [0.05, 0.1) is 6.04 Å². The molecule has 0 aromatic heterocycles.